The molecule has 0 bridgehead atoms. The molecule has 0 spiro atoms. The molecule has 1 amide bonds. The number of ether oxygens (including phenoxy) is 1. The van der Waals surface area contributed by atoms with Crippen LogP contribution in [0.1, 0.15) is 11.4 Å². The number of nitrogens with one attached hydrogen (secondary N) is 1. The van der Waals surface area contributed by atoms with Gasteiger partial charge in [-0.3, -0.25) is 4.79 Å². The molecule has 1 unspecified atom stereocenters. The number of amides is 1. The first-order chi connectivity index (χ1) is 17.2. The lowest BCUT2D eigenvalue weighted by atomic mass is 10.1. The van der Waals surface area contributed by atoms with E-state index in [4.69, 9.17) is 4.74 Å². The third kappa shape index (κ3) is 5.34. The van der Waals surface area contributed by atoms with Gasteiger partial charge in [-0.05, 0) is 29.1 Å². The molecule has 1 atom stereocenters. The second-order valence-electron chi connectivity index (χ2n) is 8.51. The van der Waals surface area contributed by atoms with Crippen molar-refractivity contribution in [1.29, 1.82) is 0 Å². The number of benzene rings is 4. The number of hydrogen-bond acceptors (Lipinski definition) is 4. The molecular weight excluding hydrogens is 438 g/mol. The summed E-state index contributed by atoms with van der Waals surface area (Å²) < 4.78 is 7.90. The molecule has 0 fully saturated rings. The molecule has 1 aromatic heterocycles. The maximum Gasteiger partial charge on any atom is 0.227 e. The molecule has 0 aliphatic rings. The summed E-state index contributed by atoms with van der Waals surface area (Å²) in [6.45, 7) is 0.855. The van der Waals surface area contributed by atoms with Gasteiger partial charge in [0.2, 0.25) is 5.91 Å². The first-order valence-electron chi connectivity index (χ1n) is 11.7. The van der Waals surface area contributed by atoms with Crippen LogP contribution in [0.3, 0.4) is 0 Å². The Hall–Kier alpha value is -4.16. The van der Waals surface area contributed by atoms with E-state index < -0.39 is 6.10 Å². The van der Waals surface area contributed by atoms with Crippen LogP contribution in [0.4, 0.5) is 0 Å². The number of nitrogens with zero attached hydrogens (tertiary/aromatic N) is 2. The van der Waals surface area contributed by atoms with Crippen LogP contribution < -0.4 is 10.1 Å². The Morgan fingerprint density at radius 1 is 0.914 bits per heavy atom. The first kappa shape index (κ1) is 22.6. The van der Waals surface area contributed by atoms with Crippen molar-refractivity contribution in [3.05, 3.63) is 108 Å². The van der Waals surface area contributed by atoms with Crippen molar-refractivity contribution in [2.45, 2.75) is 25.6 Å². The Morgan fingerprint density at radius 2 is 1.66 bits per heavy atom. The van der Waals surface area contributed by atoms with Crippen molar-refractivity contribution in [3.8, 4) is 5.75 Å². The highest BCUT2D eigenvalue weighted by molar-refractivity contribution is 5.88. The smallest absolute Gasteiger partial charge is 0.227 e. The average Bonchev–Trinajstić information content (AvgIpc) is 3.23. The molecule has 2 N–H and O–H groups in total. The molecule has 4 aromatic carbocycles. The van der Waals surface area contributed by atoms with Crippen molar-refractivity contribution in [1.82, 2.24) is 14.9 Å². The van der Waals surface area contributed by atoms with Crippen LogP contribution >= 0.6 is 0 Å². The van der Waals surface area contributed by atoms with Gasteiger partial charge in [0.25, 0.3) is 0 Å². The summed E-state index contributed by atoms with van der Waals surface area (Å²) in [6.07, 6.45) is -0.656. The molecule has 5 rings (SSSR count). The summed E-state index contributed by atoms with van der Waals surface area (Å²) in [5, 5.41) is 15.9. The molecule has 5 aromatic rings. The van der Waals surface area contributed by atoms with Crippen molar-refractivity contribution in [3.63, 3.8) is 0 Å². The molecule has 176 valence electrons. The van der Waals surface area contributed by atoms with Crippen LogP contribution in [0.15, 0.2) is 97.1 Å². The standard InChI is InChI=1S/C29H27N3O3/c33-23(20-35-27-16-8-12-22-11-4-5-13-24(22)27)19-32-26-15-7-6-14-25(26)31-28(32)17-29(34)30-18-21-9-2-1-3-10-21/h1-16,23,33H,17-20H2,(H,30,34). The highest BCUT2D eigenvalue weighted by atomic mass is 16.5. The van der Waals surface area contributed by atoms with Crippen LogP contribution in [0.2, 0.25) is 0 Å². The van der Waals surface area contributed by atoms with E-state index in [2.05, 4.69) is 10.3 Å². The maximum absolute atomic E-state index is 12.7. The fraction of sp³-hybridized carbons (Fsp3) is 0.172. The summed E-state index contributed by atoms with van der Waals surface area (Å²) in [4.78, 5) is 17.4. The SMILES string of the molecule is O=C(Cc1nc2ccccc2n1CC(O)COc1cccc2ccccc12)NCc1ccccc1. The van der Waals surface area contributed by atoms with E-state index in [0.717, 1.165) is 33.1 Å². The first-order valence-corrected chi connectivity index (χ1v) is 11.7. The van der Waals surface area contributed by atoms with E-state index in [1.807, 2.05) is 102 Å². The zero-order valence-corrected chi connectivity index (χ0v) is 19.3. The van der Waals surface area contributed by atoms with E-state index in [0.29, 0.717) is 12.4 Å². The molecule has 0 saturated carbocycles. The van der Waals surface area contributed by atoms with E-state index in [1.165, 1.54) is 0 Å². The molecule has 0 saturated heterocycles. The van der Waals surface area contributed by atoms with Gasteiger partial charge >= 0.3 is 0 Å². The van der Waals surface area contributed by atoms with Gasteiger partial charge in [0, 0.05) is 11.9 Å². The lowest BCUT2D eigenvalue weighted by molar-refractivity contribution is -0.120. The predicted molar refractivity (Wildman–Crippen MR) is 137 cm³/mol. The lowest BCUT2D eigenvalue weighted by Crippen LogP contribution is -2.28. The number of carbonyl (C=O) groups excluding carboxylic acids is 1. The zero-order chi connectivity index (χ0) is 24.0. The Labute approximate surface area is 203 Å². The van der Waals surface area contributed by atoms with Crippen LogP contribution in [-0.2, 0) is 24.3 Å². The van der Waals surface area contributed by atoms with Gasteiger partial charge in [-0.2, -0.15) is 0 Å². The molecule has 0 radical (unpaired) electrons. The number of para-hydroxylation sites is 2. The van der Waals surface area contributed by atoms with Crippen LogP contribution in [0.5, 0.6) is 5.75 Å². The predicted octanol–water partition coefficient (Wildman–Crippen LogP) is 4.49. The van der Waals surface area contributed by atoms with Gasteiger partial charge in [0.15, 0.2) is 0 Å². The minimum Gasteiger partial charge on any atom is -0.490 e. The van der Waals surface area contributed by atoms with Crippen molar-refractivity contribution in [2.24, 2.45) is 0 Å². The Morgan fingerprint density at radius 3 is 2.54 bits per heavy atom. The normalized spacial score (nSPS) is 12.0. The number of aromatic nitrogens is 2. The topological polar surface area (TPSA) is 76.4 Å². The highest BCUT2D eigenvalue weighted by Gasteiger charge is 2.17. The van der Waals surface area contributed by atoms with Crippen molar-refractivity contribution < 1.29 is 14.6 Å². The molecule has 0 aliphatic carbocycles. The number of hydrogen-bond donors (Lipinski definition) is 2. The molecule has 1 heterocycles. The number of aliphatic hydroxyl groups excluding tert-OH is 1. The number of carbonyl (C=O) groups is 1. The number of imidazole rings is 1. The van der Waals surface area contributed by atoms with Gasteiger partial charge in [-0.1, -0.05) is 78.9 Å². The average molecular weight is 466 g/mol. The van der Waals surface area contributed by atoms with Gasteiger partial charge in [-0.15, -0.1) is 0 Å². The van der Waals surface area contributed by atoms with Gasteiger partial charge in [-0.25, -0.2) is 4.98 Å². The summed E-state index contributed by atoms with van der Waals surface area (Å²) in [6, 6.07) is 31.4. The minimum absolute atomic E-state index is 0.119. The second-order valence-corrected chi connectivity index (χ2v) is 8.51. The monoisotopic (exact) mass is 465 g/mol. The molecule has 6 nitrogen and oxygen atoms in total. The summed E-state index contributed by atoms with van der Waals surface area (Å²) in [5.74, 6) is 1.23. The van der Waals surface area contributed by atoms with E-state index >= 15 is 0 Å². The fourth-order valence-electron chi connectivity index (χ4n) is 4.24. The minimum atomic E-state index is -0.780. The van der Waals surface area contributed by atoms with E-state index in [1.54, 1.807) is 0 Å². The summed E-state index contributed by atoms with van der Waals surface area (Å²) in [5.41, 5.74) is 2.71. The van der Waals surface area contributed by atoms with Gasteiger partial charge in [0.1, 0.15) is 24.3 Å². The number of aliphatic hydroxyl groups is 1. The van der Waals surface area contributed by atoms with Gasteiger partial charge < -0.3 is 19.7 Å². The lowest BCUT2D eigenvalue weighted by Gasteiger charge is -2.16. The number of fused-ring (bicyclic) bond motifs is 2. The third-order valence-electron chi connectivity index (χ3n) is 5.96. The Bertz CT molecular complexity index is 1440. The van der Waals surface area contributed by atoms with Crippen molar-refractivity contribution >= 4 is 27.7 Å². The quantitative estimate of drug-likeness (QED) is 0.336. The summed E-state index contributed by atoms with van der Waals surface area (Å²) >= 11 is 0. The van der Waals surface area contributed by atoms with Gasteiger partial charge in [0.05, 0.1) is 24.0 Å². The van der Waals surface area contributed by atoms with E-state index in [-0.39, 0.29) is 25.5 Å². The van der Waals surface area contributed by atoms with Crippen LogP contribution in [0, 0.1) is 0 Å². The molecular formula is C29H27N3O3. The van der Waals surface area contributed by atoms with Crippen LogP contribution in [0.25, 0.3) is 21.8 Å². The highest BCUT2D eigenvalue weighted by Crippen LogP contribution is 2.25. The second kappa shape index (κ2) is 10.4. The molecule has 35 heavy (non-hydrogen) atoms. The fourth-order valence-corrected chi connectivity index (χ4v) is 4.24. The van der Waals surface area contributed by atoms with Crippen molar-refractivity contribution in [2.75, 3.05) is 6.61 Å². The summed E-state index contributed by atoms with van der Waals surface area (Å²) in [7, 11) is 0. The number of rotatable bonds is 9. The Balaban J connectivity index is 1.29. The third-order valence-corrected chi connectivity index (χ3v) is 5.96. The van der Waals surface area contributed by atoms with Crippen LogP contribution in [-0.4, -0.2) is 33.3 Å². The molecule has 0 aliphatic heterocycles. The largest absolute Gasteiger partial charge is 0.490 e. The maximum atomic E-state index is 12.7. The Kier molecular flexibility index (Phi) is 6.73. The zero-order valence-electron chi connectivity index (χ0n) is 19.3. The molecule has 6 heteroatoms. The van der Waals surface area contributed by atoms with E-state index in [9.17, 15) is 9.90 Å².